The molecule has 3 aromatic rings. The molecule has 0 N–H and O–H groups in total. The Morgan fingerprint density at radius 3 is 2.32 bits per heavy atom. The molecule has 0 spiro atoms. The van der Waals surface area contributed by atoms with Gasteiger partial charge in [-0.2, -0.15) is 0 Å². The second-order valence-corrected chi connectivity index (χ2v) is 6.63. The first-order chi connectivity index (χ1) is 9.22. The van der Waals surface area contributed by atoms with E-state index in [4.69, 9.17) is 0 Å². The molecule has 1 heterocycles. The summed E-state index contributed by atoms with van der Waals surface area (Å²) in [5.41, 5.74) is 2.09. The Hall–Kier alpha value is -1.70. The molecule has 0 radical (unpaired) electrons. The zero-order valence-electron chi connectivity index (χ0n) is 10.9. The molecule has 2 aromatic carbocycles. The van der Waals surface area contributed by atoms with Gasteiger partial charge >= 0.3 is 119 Å². The number of benzene rings is 2. The van der Waals surface area contributed by atoms with Gasteiger partial charge in [-0.1, -0.05) is 0 Å². The summed E-state index contributed by atoms with van der Waals surface area (Å²) in [6.45, 7) is 4.05. The zero-order valence-corrected chi connectivity index (χ0v) is 12.6. The minimum absolute atomic E-state index is 0.150. The van der Waals surface area contributed by atoms with Gasteiger partial charge in [0.2, 0.25) is 0 Å². The molecule has 0 aliphatic carbocycles. The van der Waals surface area contributed by atoms with Gasteiger partial charge in [-0.05, 0) is 0 Å². The fourth-order valence-corrected chi connectivity index (χ4v) is 4.26. The van der Waals surface area contributed by atoms with Gasteiger partial charge in [-0.25, -0.2) is 0 Å². The van der Waals surface area contributed by atoms with Gasteiger partial charge in [0.25, 0.3) is 0 Å². The predicted molar refractivity (Wildman–Crippen MR) is 80.5 cm³/mol. The van der Waals surface area contributed by atoms with Crippen LogP contribution in [0.25, 0.3) is 10.8 Å². The van der Waals surface area contributed by atoms with E-state index in [0.717, 1.165) is 16.1 Å². The van der Waals surface area contributed by atoms with E-state index in [-0.39, 0.29) is 15.0 Å². The monoisotopic (exact) mass is 314 g/mol. The molecule has 0 fully saturated rings. The second-order valence-electron chi connectivity index (χ2n) is 4.51. The topological polar surface area (TPSA) is 25.8 Å². The van der Waals surface area contributed by atoms with Crippen LogP contribution in [0.5, 0.6) is 0 Å². The van der Waals surface area contributed by atoms with Crippen LogP contribution in [0.3, 0.4) is 0 Å². The van der Waals surface area contributed by atoms with E-state index in [2.05, 4.69) is 52.4 Å². The Morgan fingerprint density at radius 1 is 0.842 bits per heavy atom. The summed E-state index contributed by atoms with van der Waals surface area (Å²) in [5, 5.41) is 2.60. The van der Waals surface area contributed by atoms with E-state index in [0.29, 0.717) is 0 Å². The summed E-state index contributed by atoms with van der Waals surface area (Å²) in [6.07, 6.45) is 0. The van der Waals surface area contributed by atoms with Crippen molar-refractivity contribution >= 4 is 34.9 Å². The average molecular weight is 313 g/mol. The van der Waals surface area contributed by atoms with Gasteiger partial charge in [0.05, 0.1) is 0 Å². The second kappa shape index (κ2) is 5.12. The summed E-state index contributed by atoms with van der Waals surface area (Å²) < 4.78 is 2.30. The minimum atomic E-state index is 0.150. The van der Waals surface area contributed by atoms with Crippen molar-refractivity contribution in [1.29, 1.82) is 0 Å². The molecule has 2 nitrogen and oxygen atoms in total. The first-order valence-corrected chi connectivity index (χ1v) is 7.91. The van der Waals surface area contributed by atoms with Gasteiger partial charge in [0, 0.05) is 0 Å². The van der Waals surface area contributed by atoms with Crippen molar-refractivity contribution in [2.45, 2.75) is 13.8 Å². The average Bonchev–Trinajstić information content (AvgIpc) is 2.38. The molecule has 0 amide bonds. The fourth-order valence-electron chi connectivity index (χ4n) is 2.12. The molecule has 0 saturated carbocycles. The van der Waals surface area contributed by atoms with E-state index in [1.807, 2.05) is 19.9 Å². The number of hydrogen-bond donors (Lipinski definition) is 0. The van der Waals surface area contributed by atoms with Crippen LogP contribution in [0.4, 0.5) is 0 Å². The van der Waals surface area contributed by atoms with Gasteiger partial charge < -0.3 is 0 Å². The van der Waals surface area contributed by atoms with E-state index in [9.17, 15) is 0 Å². The maximum absolute atomic E-state index is 4.55. The number of fused-ring (bicyclic) bond motifs is 1. The van der Waals surface area contributed by atoms with Crippen LogP contribution >= 0.6 is 0 Å². The van der Waals surface area contributed by atoms with Crippen LogP contribution in [-0.4, -0.2) is 24.9 Å². The standard InChI is InChI=1S/C16H14N2Se/c1-11-10-12(2)18-16(17-11)19-15-9-5-7-13-6-3-4-8-14(13)15/h3-10H,1-2H3. The molecule has 0 atom stereocenters. The predicted octanol–water partition coefficient (Wildman–Crippen LogP) is 1.90. The summed E-state index contributed by atoms with van der Waals surface area (Å²) in [4.78, 5) is 9.11. The molecule has 3 rings (SSSR count). The summed E-state index contributed by atoms with van der Waals surface area (Å²) in [6, 6.07) is 17.0. The van der Waals surface area contributed by atoms with Gasteiger partial charge in [0.1, 0.15) is 0 Å². The number of nitrogens with zero attached hydrogens (tertiary/aromatic N) is 2. The Labute approximate surface area is 119 Å². The first-order valence-electron chi connectivity index (χ1n) is 6.20. The van der Waals surface area contributed by atoms with Crippen molar-refractivity contribution < 1.29 is 0 Å². The van der Waals surface area contributed by atoms with E-state index in [1.165, 1.54) is 15.2 Å². The molecular formula is C16H14N2Se. The van der Waals surface area contributed by atoms with Gasteiger partial charge in [-0.15, -0.1) is 0 Å². The molecule has 0 aliphatic heterocycles. The van der Waals surface area contributed by atoms with E-state index >= 15 is 0 Å². The number of hydrogen-bond acceptors (Lipinski definition) is 2. The Bertz CT molecular complexity index is 712. The number of aryl methyl sites for hydroxylation is 2. The zero-order chi connectivity index (χ0) is 13.2. The van der Waals surface area contributed by atoms with Crippen LogP contribution in [-0.2, 0) is 0 Å². The van der Waals surface area contributed by atoms with Gasteiger partial charge in [-0.3, -0.25) is 0 Å². The molecule has 3 heteroatoms. The van der Waals surface area contributed by atoms with Crippen molar-refractivity contribution in [3.8, 4) is 0 Å². The Balaban J connectivity index is 2.05. The fraction of sp³-hybridized carbons (Fsp3) is 0.125. The summed E-state index contributed by atoms with van der Waals surface area (Å²) in [5.74, 6) is 0. The van der Waals surface area contributed by atoms with Crippen molar-refractivity contribution in [3.63, 3.8) is 0 Å². The summed E-state index contributed by atoms with van der Waals surface area (Å²) in [7, 11) is 0. The van der Waals surface area contributed by atoms with Crippen LogP contribution in [0.1, 0.15) is 11.4 Å². The molecule has 94 valence electrons. The van der Waals surface area contributed by atoms with Crippen LogP contribution < -0.4 is 9.18 Å². The normalized spacial score (nSPS) is 10.8. The Kier molecular flexibility index (Phi) is 3.32. The molecule has 19 heavy (non-hydrogen) atoms. The van der Waals surface area contributed by atoms with E-state index in [1.54, 1.807) is 0 Å². The van der Waals surface area contributed by atoms with Crippen molar-refractivity contribution in [2.24, 2.45) is 0 Å². The van der Waals surface area contributed by atoms with Gasteiger partial charge in [0.15, 0.2) is 0 Å². The maximum atomic E-state index is 4.55. The summed E-state index contributed by atoms with van der Waals surface area (Å²) >= 11 is 0.150. The molecular weight excluding hydrogens is 299 g/mol. The third-order valence-corrected chi connectivity index (χ3v) is 4.89. The molecule has 0 bridgehead atoms. The quantitative estimate of drug-likeness (QED) is 0.676. The van der Waals surface area contributed by atoms with Crippen LogP contribution in [0.15, 0.2) is 48.5 Å². The molecule has 0 unspecified atom stereocenters. The molecule has 0 aliphatic rings. The first kappa shape index (κ1) is 12.3. The van der Waals surface area contributed by atoms with Crippen LogP contribution in [0, 0.1) is 13.8 Å². The number of rotatable bonds is 2. The molecule has 1 aromatic heterocycles. The Morgan fingerprint density at radius 2 is 1.53 bits per heavy atom. The van der Waals surface area contributed by atoms with E-state index < -0.39 is 0 Å². The number of aromatic nitrogens is 2. The van der Waals surface area contributed by atoms with Crippen LogP contribution in [0.2, 0.25) is 0 Å². The third-order valence-electron chi connectivity index (χ3n) is 2.91. The van der Waals surface area contributed by atoms with Crippen molar-refractivity contribution in [3.05, 3.63) is 59.9 Å². The van der Waals surface area contributed by atoms with Crippen molar-refractivity contribution in [2.75, 3.05) is 0 Å². The molecule has 0 saturated heterocycles. The SMILES string of the molecule is Cc1cc(C)nc([Se]c2cccc3ccccc23)n1. The third kappa shape index (κ3) is 2.67. The van der Waals surface area contributed by atoms with Crippen molar-refractivity contribution in [1.82, 2.24) is 9.97 Å².